The highest BCUT2D eigenvalue weighted by atomic mass is 32.1. The zero-order valence-corrected chi connectivity index (χ0v) is 16.5. The second-order valence-corrected chi connectivity index (χ2v) is 7.87. The average molecular weight is 388 g/mol. The van der Waals surface area contributed by atoms with Crippen LogP contribution in [0.2, 0.25) is 0 Å². The summed E-state index contributed by atoms with van der Waals surface area (Å²) >= 11 is 1.42. The summed E-state index contributed by atoms with van der Waals surface area (Å²) in [4.78, 5) is 26.2. The number of anilines is 1. The lowest BCUT2D eigenvalue weighted by Gasteiger charge is -2.09. The molecule has 4 aromatic rings. The third kappa shape index (κ3) is 3.62. The summed E-state index contributed by atoms with van der Waals surface area (Å²) in [5, 5.41) is 5.71. The Hall–Kier alpha value is -3.18. The summed E-state index contributed by atoms with van der Waals surface area (Å²) in [7, 11) is 0. The Morgan fingerprint density at radius 2 is 1.75 bits per heavy atom. The summed E-state index contributed by atoms with van der Waals surface area (Å²) in [5.41, 5.74) is 4.49. The van der Waals surface area contributed by atoms with E-state index in [-0.39, 0.29) is 18.2 Å². The van der Waals surface area contributed by atoms with Gasteiger partial charge in [0.05, 0.1) is 4.88 Å². The molecule has 0 atom stereocenters. The van der Waals surface area contributed by atoms with Crippen LogP contribution in [0.25, 0.3) is 10.9 Å². The molecule has 0 bridgehead atoms. The van der Waals surface area contributed by atoms with Gasteiger partial charge in [-0.3, -0.25) is 9.59 Å². The normalized spacial score (nSPS) is 10.9. The predicted molar refractivity (Wildman–Crippen MR) is 114 cm³/mol. The van der Waals surface area contributed by atoms with E-state index in [2.05, 4.69) is 11.4 Å². The van der Waals surface area contributed by atoms with Crippen molar-refractivity contribution in [3.63, 3.8) is 0 Å². The maximum Gasteiger partial charge on any atom is 0.244 e. The van der Waals surface area contributed by atoms with Crippen molar-refractivity contribution in [2.45, 2.75) is 20.4 Å². The molecule has 0 aliphatic rings. The largest absolute Gasteiger partial charge is 0.337 e. The van der Waals surface area contributed by atoms with Crippen molar-refractivity contribution < 1.29 is 9.59 Å². The fourth-order valence-corrected chi connectivity index (χ4v) is 4.18. The number of rotatable bonds is 5. The molecule has 140 valence electrons. The molecule has 2 aromatic carbocycles. The Morgan fingerprint density at radius 1 is 1.00 bits per heavy atom. The summed E-state index contributed by atoms with van der Waals surface area (Å²) in [6.45, 7) is 4.15. The zero-order chi connectivity index (χ0) is 19.7. The third-order valence-corrected chi connectivity index (χ3v) is 5.47. The van der Waals surface area contributed by atoms with E-state index in [9.17, 15) is 9.59 Å². The Balaban J connectivity index is 1.63. The first-order valence-electron chi connectivity index (χ1n) is 9.05. The molecule has 2 aromatic heterocycles. The summed E-state index contributed by atoms with van der Waals surface area (Å²) in [5.74, 6) is -0.138. The number of aryl methyl sites for hydroxylation is 2. The minimum Gasteiger partial charge on any atom is -0.337 e. The minimum absolute atomic E-state index is 0.0142. The highest BCUT2D eigenvalue weighted by molar-refractivity contribution is 7.12. The van der Waals surface area contributed by atoms with Crippen molar-refractivity contribution in [3.05, 3.63) is 87.7 Å². The number of para-hydroxylation sites is 1. The van der Waals surface area contributed by atoms with Gasteiger partial charge in [0.2, 0.25) is 11.7 Å². The molecule has 0 saturated heterocycles. The van der Waals surface area contributed by atoms with Gasteiger partial charge in [0.25, 0.3) is 0 Å². The third-order valence-electron chi connectivity index (χ3n) is 4.60. The van der Waals surface area contributed by atoms with E-state index in [1.807, 2.05) is 72.3 Å². The maximum absolute atomic E-state index is 12.9. The van der Waals surface area contributed by atoms with E-state index in [1.165, 1.54) is 11.3 Å². The molecule has 0 saturated carbocycles. The number of fused-ring (bicyclic) bond motifs is 1. The van der Waals surface area contributed by atoms with E-state index in [0.717, 1.165) is 27.7 Å². The number of benzene rings is 2. The van der Waals surface area contributed by atoms with Gasteiger partial charge in [0.15, 0.2) is 0 Å². The molecule has 4 nitrogen and oxygen atoms in total. The van der Waals surface area contributed by atoms with Gasteiger partial charge in [-0.2, -0.15) is 0 Å². The van der Waals surface area contributed by atoms with Gasteiger partial charge < -0.3 is 9.88 Å². The predicted octanol–water partition coefficient (Wildman–Crippen LogP) is 5.19. The molecular formula is C23H20N2O2S. The molecule has 5 heteroatoms. The topological polar surface area (TPSA) is 51.1 Å². The van der Waals surface area contributed by atoms with Gasteiger partial charge in [-0.1, -0.05) is 30.3 Å². The van der Waals surface area contributed by atoms with Crippen molar-refractivity contribution in [2.24, 2.45) is 0 Å². The van der Waals surface area contributed by atoms with E-state index >= 15 is 0 Å². The van der Waals surface area contributed by atoms with Gasteiger partial charge in [0.1, 0.15) is 6.54 Å². The molecule has 0 spiro atoms. The maximum atomic E-state index is 12.9. The molecule has 0 aliphatic heterocycles. The molecule has 1 amide bonds. The monoisotopic (exact) mass is 388 g/mol. The van der Waals surface area contributed by atoms with Crippen LogP contribution in [-0.4, -0.2) is 16.3 Å². The number of nitrogens with zero attached hydrogens (tertiary/aromatic N) is 1. The first-order valence-corrected chi connectivity index (χ1v) is 9.93. The van der Waals surface area contributed by atoms with Crippen LogP contribution in [0.5, 0.6) is 0 Å². The van der Waals surface area contributed by atoms with E-state index in [1.54, 1.807) is 6.20 Å². The number of thiophene rings is 1. The Labute approximate surface area is 167 Å². The first-order chi connectivity index (χ1) is 13.5. The molecule has 28 heavy (non-hydrogen) atoms. The van der Waals surface area contributed by atoms with Crippen LogP contribution in [0.1, 0.15) is 26.4 Å². The Bertz CT molecular complexity index is 1150. The van der Waals surface area contributed by atoms with Crippen LogP contribution in [0.3, 0.4) is 0 Å². The van der Waals surface area contributed by atoms with Gasteiger partial charge in [-0.25, -0.2) is 0 Å². The summed E-state index contributed by atoms with van der Waals surface area (Å²) < 4.78 is 1.84. The number of carbonyl (C=O) groups excluding carboxylic acids is 2. The number of hydrogen-bond donors (Lipinski definition) is 1. The Kier molecular flexibility index (Phi) is 4.84. The Morgan fingerprint density at radius 3 is 2.46 bits per heavy atom. The van der Waals surface area contributed by atoms with Gasteiger partial charge in [-0.05, 0) is 54.6 Å². The number of aromatic nitrogens is 1. The van der Waals surface area contributed by atoms with Crippen LogP contribution in [0.15, 0.2) is 66.2 Å². The fourth-order valence-electron chi connectivity index (χ4n) is 3.50. The average Bonchev–Trinajstić information content (AvgIpc) is 3.29. The molecule has 1 N–H and O–H groups in total. The molecule has 0 radical (unpaired) electrons. The fraction of sp³-hybridized carbons (Fsp3) is 0.130. The second-order valence-electron chi connectivity index (χ2n) is 6.92. The molecule has 4 rings (SSSR count). The summed E-state index contributed by atoms with van der Waals surface area (Å²) in [6, 6.07) is 17.3. The van der Waals surface area contributed by atoms with Crippen LogP contribution in [0.4, 0.5) is 5.69 Å². The highest BCUT2D eigenvalue weighted by Crippen LogP contribution is 2.25. The molecule has 2 heterocycles. The quantitative estimate of drug-likeness (QED) is 0.478. The number of amides is 1. The van der Waals surface area contributed by atoms with Crippen molar-refractivity contribution in [3.8, 4) is 0 Å². The standard InChI is InChI=1S/C23H20N2O2S/c1-15-10-16(2)12-17(11-15)24-22(26)14-25-13-19(18-6-3-4-7-20(18)25)23(27)21-8-5-9-28-21/h3-13H,14H2,1-2H3,(H,24,26). The molecule has 0 unspecified atom stereocenters. The van der Waals surface area contributed by atoms with Crippen LogP contribution < -0.4 is 5.32 Å². The van der Waals surface area contributed by atoms with Gasteiger partial charge in [-0.15, -0.1) is 11.3 Å². The molecule has 0 fully saturated rings. The van der Waals surface area contributed by atoms with Crippen LogP contribution >= 0.6 is 11.3 Å². The minimum atomic E-state index is -0.124. The van der Waals surface area contributed by atoms with Gasteiger partial charge >= 0.3 is 0 Å². The van der Waals surface area contributed by atoms with Crippen molar-refractivity contribution in [1.82, 2.24) is 4.57 Å². The second kappa shape index (κ2) is 7.44. The summed E-state index contributed by atoms with van der Waals surface area (Å²) in [6.07, 6.45) is 1.79. The van der Waals surface area contributed by atoms with Crippen molar-refractivity contribution in [1.29, 1.82) is 0 Å². The van der Waals surface area contributed by atoms with Crippen molar-refractivity contribution in [2.75, 3.05) is 5.32 Å². The van der Waals surface area contributed by atoms with E-state index < -0.39 is 0 Å². The smallest absolute Gasteiger partial charge is 0.244 e. The highest BCUT2D eigenvalue weighted by Gasteiger charge is 2.18. The lowest BCUT2D eigenvalue weighted by Crippen LogP contribution is -2.18. The van der Waals surface area contributed by atoms with Gasteiger partial charge in [0, 0.05) is 28.4 Å². The molecule has 0 aliphatic carbocycles. The van der Waals surface area contributed by atoms with Crippen molar-refractivity contribution >= 4 is 39.6 Å². The number of ketones is 1. The molecular weight excluding hydrogens is 368 g/mol. The number of carbonyl (C=O) groups is 2. The SMILES string of the molecule is Cc1cc(C)cc(NC(=O)Cn2cc(C(=O)c3cccs3)c3ccccc32)c1. The lowest BCUT2D eigenvalue weighted by atomic mass is 10.1. The van der Waals surface area contributed by atoms with Crippen LogP contribution in [-0.2, 0) is 11.3 Å². The van der Waals surface area contributed by atoms with Crippen LogP contribution in [0, 0.1) is 13.8 Å². The zero-order valence-electron chi connectivity index (χ0n) is 15.7. The number of hydrogen-bond acceptors (Lipinski definition) is 3. The first kappa shape index (κ1) is 18.2. The lowest BCUT2D eigenvalue weighted by molar-refractivity contribution is -0.116. The number of nitrogens with one attached hydrogen (secondary N) is 1. The van der Waals surface area contributed by atoms with E-state index in [4.69, 9.17) is 0 Å². The van der Waals surface area contributed by atoms with E-state index in [0.29, 0.717) is 10.4 Å².